The summed E-state index contributed by atoms with van der Waals surface area (Å²) in [5.41, 5.74) is 0.354. The first-order valence-corrected chi connectivity index (χ1v) is 9.03. The van der Waals surface area contributed by atoms with Crippen LogP contribution < -0.4 is 16.3 Å². The Morgan fingerprint density at radius 3 is 2.63 bits per heavy atom. The lowest BCUT2D eigenvalue weighted by Crippen LogP contribution is -2.53. The number of benzene rings is 1. The third-order valence-corrected chi connectivity index (χ3v) is 4.40. The second kappa shape index (κ2) is 8.39. The number of alkyl carbamates (subject to hydrolysis) is 1. The van der Waals surface area contributed by atoms with E-state index in [9.17, 15) is 9.59 Å². The number of anilines is 1. The van der Waals surface area contributed by atoms with Gasteiger partial charge in [-0.2, -0.15) is 10.2 Å². The van der Waals surface area contributed by atoms with E-state index in [4.69, 9.17) is 10.6 Å². The molecule has 1 aromatic carbocycles. The van der Waals surface area contributed by atoms with E-state index in [-0.39, 0.29) is 18.0 Å². The Kier molecular flexibility index (Phi) is 6.43. The molecule has 1 saturated heterocycles. The number of carbonyl (C=O) groups excluding carboxylic acids is 2. The van der Waals surface area contributed by atoms with Gasteiger partial charge in [0.15, 0.2) is 0 Å². The van der Waals surface area contributed by atoms with Gasteiger partial charge in [-0.05, 0) is 52.7 Å². The number of hydrogen-bond donors (Lipinski definition) is 2. The number of ether oxygens (including phenoxy) is 1. The molecule has 1 aliphatic heterocycles. The Morgan fingerprint density at radius 2 is 2.00 bits per heavy atom. The van der Waals surface area contributed by atoms with Crippen LogP contribution >= 0.6 is 0 Å². The van der Waals surface area contributed by atoms with Gasteiger partial charge in [0.1, 0.15) is 5.60 Å². The summed E-state index contributed by atoms with van der Waals surface area (Å²) in [5, 5.41) is 7.61. The molecule has 2 amide bonds. The third-order valence-electron chi connectivity index (χ3n) is 4.40. The number of hydrazone groups is 1. The predicted molar refractivity (Wildman–Crippen MR) is 106 cm³/mol. The SMILES string of the molecule is C=NN(N)c1ccccc1C(=O)N1C[C@H](NC(=O)OC(C)(C)C)CC[C@H]1C. The molecule has 0 unspecified atom stereocenters. The van der Waals surface area contributed by atoms with Gasteiger partial charge in [-0.3, -0.25) is 4.79 Å². The van der Waals surface area contributed by atoms with Crippen LogP contribution in [0.4, 0.5) is 10.5 Å². The van der Waals surface area contributed by atoms with E-state index >= 15 is 0 Å². The van der Waals surface area contributed by atoms with Crippen LogP contribution in [0.15, 0.2) is 29.4 Å². The lowest BCUT2D eigenvalue weighted by molar-refractivity contribution is 0.0412. The van der Waals surface area contributed by atoms with Crippen molar-refractivity contribution in [3.8, 4) is 0 Å². The Labute approximate surface area is 160 Å². The second-order valence-corrected chi connectivity index (χ2v) is 7.73. The molecule has 0 aliphatic carbocycles. The highest BCUT2D eigenvalue weighted by Gasteiger charge is 2.32. The van der Waals surface area contributed by atoms with Gasteiger partial charge in [-0.15, -0.1) is 0 Å². The van der Waals surface area contributed by atoms with Gasteiger partial charge in [0.05, 0.1) is 11.3 Å². The normalized spacial score (nSPS) is 20.0. The average molecular weight is 375 g/mol. The first kappa shape index (κ1) is 20.7. The molecule has 8 nitrogen and oxygen atoms in total. The van der Waals surface area contributed by atoms with Crippen molar-refractivity contribution in [2.75, 3.05) is 11.7 Å². The van der Waals surface area contributed by atoms with Crippen LogP contribution in [0.3, 0.4) is 0 Å². The minimum atomic E-state index is -0.567. The number of amides is 2. The van der Waals surface area contributed by atoms with Crippen molar-refractivity contribution in [2.45, 2.75) is 58.2 Å². The monoisotopic (exact) mass is 375 g/mol. The fraction of sp³-hybridized carbons (Fsp3) is 0.526. The largest absolute Gasteiger partial charge is 0.444 e. The van der Waals surface area contributed by atoms with Gasteiger partial charge >= 0.3 is 6.09 Å². The van der Waals surface area contributed by atoms with Gasteiger partial charge in [0, 0.05) is 25.3 Å². The quantitative estimate of drug-likeness (QED) is 0.478. The summed E-state index contributed by atoms with van der Waals surface area (Å²) in [7, 11) is 0. The Morgan fingerprint density at radius 1 is 1.33 bits per heavy atom. The standard InChI is InChI=1S/C19H29N5O3/c1-13-10-11-14(22-18(26)27-19(2,3)4)12-23(13)17(25)15-8-6-7-9-16(15)24(20)21-5/h6-9,13-14H,5,10-12,20H2,1-4H3,(H,22,26)/t13-,14-/m1/s1. The summed E-state index contributed by atoms with van der Waals surface area (Å²) in [4.78, 5) is 27.0. The molecule has 3 N–H and O–H groups in total. The van der Waals surface area contributed by atoms with E-state index in [1.54, 1.807) is 29.2 Å². The van der Waals surface area contributed by atoms with E-state index in [1.165, 1.54) is 0 Å². The number of carbonyl (C=O) groups is 2. The van der Waals surface area contributed by atoms with Crippen LogP contribution in [0.1, 0.15) is 50.9 Å². The van der Waals surface area contributed by atoms with Crippen molar-refractivity contribution >= 4 is 24.4 Å². The summed E-state index contributed by atoms with van der Waals surface area (Å²) in [6.07, 6.45) is 1.09. The molecule has 0 bridgehead atoms. The van der Waals surface area contributed by atoms with Crippen molar-refractivity contribution < 1.29 is 14.3 Å². The molecule has 148 valence electrons. The van der Waals surface area contributed by atoms with Crippen LogP contribution in [0.2, 0.25) is 0 Å². The third kappa shape index (κ3) is 5.43. The van der Waals surface area contributed by atoms with E-state index in [2.05, 4.69) is 17.1 Å². The van der Waals surface area contributed by atoms with Crippen LogP contribution in [0.25, 0.3) is 0 Å². The number of para-hydroxylation sites is 1. The first-order valence-electron chi connectivity index (χ1n) is 9.03. The molecule has 8 heteroatoms. The van der Waals surface area contributed by atoms with Crippen LogP contribution in [0, 0.1) is 0 Å². The van der Waals surface area contributed by atoms with Gasteiger partial charge in [-0.1, -0.05) is 12.1 Å². The number of nitrogens with two attached hydrogens (primary N) is 1. The van der Waals surface area contributed by atoms with Crippen molar-refractivity contribution in [3.05, 3.63) is 29.8 Å². The zero-order valence-corrected chi connectivity index (χ0v) is 16.4. The summed E-state index contributed by atoms with van der Waals surface area (Å²) in [6.45, 7) is 11.2. The van der Waals surface area contributed by atoms with Gasteiger partial charge in [0.25, 0.3) is 5.91 Å². The topological polar surface area (TPSA) is 100 Å². The maximum atomic E-state index is 13.1. The maximum absolute atomic E-state index is 13.1. The lowest BCUT2D eigenvalue weighted by Gasteiger charge is -2.38. The molecule has 0 spiro atoms. The molecule has 27 heavy (non-hydrogen) atoms. The average Bonchev–Trinajstić information content (AvgIpc) is 2.60. The summed E-state index contributed by atoms with van der Waals surface area (Å²) in [5.74, 6) is 5.65. The van der Waals surface area contributed by atoms with E-state index in [0.29, 0.717) is 17.8 Å². The fourth-order valence-corrected chi connectivity index (χ4v) is 3.07. The molecular formula is C19H29N5O3. The molecule has 1 fully saturated rings. The Balaban J connectivity index is 2.14. The van der Waals surface area contributed by atoms with Gasteiger partial charge in [0.2, 0.25) is 0 Å². The molecule has 1 aliphatic rings. The van der Waals surface area contributed by atoms with Crippen molar-refractivity contribution in [2.24, 2.45) is 10.9 Å². The van der Waals surface area contributed by atoms with Gasteiger partial charge < -0.3 is 15.0 Å². The highest BCUT2D eigenvalue weighted by molar-refractivity contribution is 6.00. The van der Waals surface area contributed by atoms with E-state index in [1.807, 2.05) is 27.7 Å². The minimum absolute atomic E-state index is 0.0464. The second-order valence-electron chi connectivity index (χ2n) is 7.73. The molecule has 1 heterocycles. The number of nitrogens with zero attached hydrogens (tertiary/aromatic N) is 3. The first-order chi connectivity index (χ1) is 12.6. The Bertz CT molecular complexity index is 701. The van der Waals surface area contributed by atoms with Crippen molar-refractivity contribution in [1.82, 2.24) is 10.2 Å². The molecular weight excluding hydrogens is 346 g/mol. The van der Waals surface area contributed by atoms with Crippen LogP contribution in [0.5, 0.6) is 0 Å². The molecule has 0 radical (unpaired) electrons. The van der Waals surface area contributed by atoms with Crippen LogP contribution in [-0.4, -0.2) is 47.8 Å². The smallest absolute Gasteiger partial charge is 0.407 e. The summed E-state index contributed by atoms with van der Waals surface area (Å²) < 4.78 is 5.32. The number of likely N-dealkylation sites (tertiary alicyclic amines) is 1. The highest BCUT2D eigenvalue weighted by Crippen LogP contribution is 2.25. The van der Waals surface area contributed by atoms with Gasteiger partial charge in [-0.25, -0.2) is 10.6 Å². The zero-order chi connectivity index (χ0) is 20.2. The van der Waals surface area contributed by atoms with E-state index in [0.717, 1.165) is 18.0 Å². The molecule has 2 rings (SSSR count). The lowest BCUT2D eigenvalue weighted by atomic mass is 9.98. The maximum Gasteiger partial charge on any atom is 0.407 e. The highest BCUT2D eigenvalue weighted by atomic mass is 16.6. The minimum Gasteiger partial charge on any atom is -0.444 e. The van der Waals surface area contributed by atoms with Crippen LogP contribution in [-0.2, 0) is 4.74 Å². The number of piperidine rings is 1. The number of rotatable bonds is 4. The van der Waals surface area contributed by atoms with E-state index < -0.39 is 11.7 Å². The van der Waals surface area contributed by atoms with Crippen molar-refractivity contribution in [1.29, 1.82) is 0 Å². The Hall–Kier alpha value is -2.61. The number of hydrazine groups is 1. The summed E-state index contributed by atoms with van der Waals surface area (Å²) in [6, 6.07) is 6.86. The molecule has 2 atom stereocenters. The van der Waals surface area contributed by atoms with Crippen molar-refractivity contribution in [3.63, 3.8) is 0 Å². The summed E-state index contributed by atoms with van der Waals surface area (Å²) >= 11 is 0. The molecule has 0 aromatic heterocycles. The predicted octanol–water partition coefficient (Wildman–Crippen LogP) is 2.50. The fourth-order valence-electron chi connectivity index (χ4n) is 3.07. The zero-order valence-electron chi connectivity index (χ0n) is 16.4. The molecule has 0 saturated carbocycles. The number of hydrogen-bond acceptors (Lipinski definition) is 6. The number of nitrogens with one attached hydrogen (secondary N) is 1. The molecule has 1 aromatic rings.